The number of phenols is 1. The SMILES string of the molecule is CN1C2CCC1(C(=O)c1cccc(O)c1)CC(O)C2. The first-order valence-electron chi connectivity index (χ1n) is 6.78. The normalized spacial score (nSPS) is 34.4. The summed E-state index contributed by atoms with van der Waals surface area (Å²) in [5, 5.41) is 19.5. The summed E-state index contributed by atoms with van der Waals surface area (Å²) in [5.74, 6) is 0.128. The number of carbonyl (C=O) groups excluding carboxylic acids is 1. The van der Waals surface area contributed by atoms with E-state index in [9.17, 15) is 15.0 Å². The number of nitrogens with zero attached hydrogens (tertiary/aromatic N) is 1. The smallest absolute Gasteiger partial charge is 0.183 e. The van der Waals surface area contributed by atoms with Gasteiger partial charge < -0.3 is 10.2 Å². The van der Waals surface area contributed by atoms with Gasteiger partial charge in [-0.3, -0.25) is 9.69 Å². The average Bonchev–Trinajstić information content (AvgIpc) is 2.59. The van der Waals surface area contributed by atoms with E-state index in [1.165, 1.54) is 6.07 Å². The number of carbonyl (C=O) groups is 1. The predicted molar refractivity (Wildman–Crippen MR) is 71.2 cm³/mol. The Labute approximate surface area is 112 Å². The van der Waals surface area contributed by atoms with Gasteiger partial charge in [0.05, 0.1) is 11.6 Å². The number of phenolic OH excluding ortho intramolecular Hbond substituents is 1. The van der Waals surface area contributed by atoms with E-state index >= 15 is 0 Å². The molecule has 0 aliphatic carbocycles. The summed E-state index contributed by atoms with van der Waals surface area (Å²) in [5.41, 5.74) is -0.0579. The van der Waals surface area contributed by atoms with E-state index < -0.39 is 11.6 Å². The number of piperidine rings is 1. The quantitative estimate of drug-likeness (QED) is 0.793. The molecule has 0 radical (unpaired) electrons. The Bertz CT molecular complexity index is 516. The van der Waals surface area contributed by atoms with Gasteiger partial charge in [0, 0.05) is 11.6 Å². The Morgan fingerprint density at radius 1 is 1.47 bits per heavy atom. The minimum absolute atomic E-state index is 0.0205. The maximum absolute atomic E-state index is 12.8. The first-order valence-corrected chi connectivity index (χ1v) is 6.78. The Morgan fingerprint density at radius 2 is 2.26 bits per heavy atom. The number of aliphatic hydroxyl groups excluding tert-OH is 1. The molecule has 2 aliphatic rings. The van der Waals surface area contributed by atoms with Gasteiger partial charge in [-0.1, -0.05) is 12.1 Å². The van der Waals surface area contributed by atoms with Crippen molar-refractivity contribution in [1.29, 1.82) is 0 Å². The molecule has 2 N–H and O–H groups in total. The lowest BCUT2D eigenvalue weighted by Gasteiger charge is -2.43. The van der Waals surface area contributed by atoms with Gasteiger partial charge in [0.1, 0.15) is 5.75 Å². The van der Waals surface area contributed by atoms with Crippen LogP contribution in [0.5, 0.6) is 5.75 Å². The van der Waals surface area contributed by atoms with E-state index in [2.05, 4.69) is 4.90 Å². The van der Waals surface area contributed by atoms with Crippen LogP contribution in [0.3, 0.4) is 0 Å². The molecule has 3 unspecified atom stereocenters. The van der Waals surface area contributed by atoms with Gasteiger partial charge in [0.15, 0.2) is 5.78 Å². The molecule has 0 spiro atoms. The summed E-state index contributed by atoms with van der Waals surface area (Å²) in [7, 11) is 1.98. The van der Waals surface area contributed by atoms with Crippen molar-refractivity contribution in [2.24, 2.45) is 0 Å². The summed E-state index contributed by atoms with van der Waals surface area (Å²) in [6.45, 7) is 0. The maximum atomic E-state index is 12.8. The second-order valence-corrected chi connectivity index (χ2v) is 5.81. The van der Waals surface area contributed by atoms with Gasteiger partial charge in [-0.25, -0.2) is 0 Å². The van der Waals surface area contributed by atoms with E-state index in [0.717, 1.165) is 19.3 Å². The van der Waals surface area contributed by atoms with Crippen molar-refractivity contribution in [3.63, 3.8) is 0 Å². The third kappa shape index (κ3) is 1.86. The molecular weight excluding hydrogens is 242 g/mol. The van der Waals surface area contributed by atoms with E-state index in [1.54, 1.807) is 18.2 Å². The zero-order valence-corrected chi connectivity index (χ0v) is 11.0. The molecule has 3 atom stereocenters. The highest BCUT2D eigenvalue weighted by atomic mass is 16.3. The number of hydrogen-bond acceptors (Lipinski definition) is 4. The Hall–Kier alpha value is -1.39. The molecule has 2 aliphatic heterocycles. The van der Waals surface area contributed by atoms with Crippen LogP contribution in [0, 0.1) is 0 Å². The van der Waals surface area contributed by atoms with Crippen molar-refractivity contribution in [2.75, 3.05) is 7.05 Å². The zero-order valence-electron chi connectivity index (χ0n) is 11.0. The van der Waals surface area contributed by atoms with Crippen molar-refractivity contribution in [1.82, 2.24) is 4.90 Å². The van der Waals surface area contributed by atoms with Crippen molar-refractivity contribution in [2.45, 2.75) is 43.4 Å². The standard InChI is InChI=1S/C15H19NO3/c1-16-11-5-6-15(16,9-13(18)8-11)14(19)10-3-2-4-12(17)7-10/h2-4,7,11,13,17-18H,5-6,8-9H2,1H3. The third-order valence-electron chi connectivity index (χ3n) is 4.76. The van der Waals surface area contributed by atoms with Crippen molar-refractivity contribution in [3.8, 4) is 5.75 Å². The van der Waals surface area contributed by atoms with Gasteiger partial charge in [0.2, 0.25) is 0 Å². The molecule has 0 amide bonds. The Balaban J connectivity index is 1.98. The lowest BCUT2D eigenvalue weighted by molar-refractivity contribution is 0.00273. The van der Waals surface area contributed by atoms with Gasteiger partial charge in [-0.2, -0.15) is 0 Å². The summed E-state index contributed by atoms with van der Waals surface area (Å²) < 4.78 is 0. The van der Waals surface area contributed by atoms with Crippen LogP contribution in [-0.4, -0.2) is 45.6 Å². The van der Waals surface area contributed by atoms with Crippen molar-refractivity contribution in [3.05, 3.63) is 29.8 Å². The number of fused-ring (bicyclic) bond motifs is 2. The van der Waals surface area contributed by atoms with E-state index in [0.29, 0.717) is 18.0 Å². The summed E-state index contributed by atoms with van der Waals surface area (Å²) in [6, 6.07) is 6.79. The monoisotopic (exact) mass is 261 g/mol. The lowest BCUT2D eigenvalue weighted by Crippen LogP contribution is -2.56. The van der Waals surface area contributed by atoms with Crippen LogP contribution >= 0.6 is 0 Å². The largest absolute Gasteiger partial charge is 0.508 e. The summed E-state index contributed by atoms with van der Waals surface area (Å²) in [6.07, 6.45) is 2.60. The van der Waals surface area contributed by atoms with Crippen LogP contribution in [0.2, 0.25) is 0 Å². The van der Waals surface area contributed by atoms with Crippen LogP contribution in [0.4, 0.5) is 0 Å². The molecule has 1 aromatic rings. The van der Waals surface area contributed by atoms with Crippen LogP contribution in [0.25, 0.3) is 0 Å². The van der Waals surface area contributed by atoms with Gasteiger partial charge in [0.25, 0.3) is 0 Å². The summed E-state index contributed by atoms with van der Waals surface area (Å²) >= 11 is 0. The van der Waals surface area contributed by atoms with Crippen LogP contribution in [-0.2, 0) is 0 Å². The van der Waals surface area contributed by atoms with Gasteiger partial charge >= 0.3 is 0 Å². The first kappa shape index (κ1) is 12.6. The van der Waals surface area contributed by atoms with E-state index in [-0.39, 0.29) is 11.5 Å². The molecule has 2 saturated heterocycles. The molecule has 3 rings (SSSR count). The fraction of sp³-hybridized carbons (Fsp3) is 0.533. The zero-order chi connectivity index (χ0) is 13.6. The highest BCUT2D eigenvalue weighted by Crippen LogP contribution is 2.45. The minimum Gasteiger partial charge on any atom is -0.508 e. The number of likely N-dealkylation sites (N-methyl/N-ethyl adjacent to an activating group) is 1. The Morgan fingerprint density at radius 3 is 3.00 bits per heavy atom. The molecule has 0 aromatic heterocycles. The second-order valence-electron chi connectivity index (χ2n) is 5.81. The molecular formula is C15H19NO3. The van der Waals surface area contributed by atoms with Crippen LogP contribution in [0.1, 0.15) is 36.0 Å². The van der Waals surface area contributed by atoms with Crippen molar-refractivity contribution >= 4 is 5.78 Å². The first-order chi connectivity index (χ1) is 9.03. The van der Waals surface area contributed by atoms with Gasteiger partial charge in [-0.05, 0) is 44.9 Å². The molecule has 2 heterocycles. The van der Waals surface area contributed by atoms with Crippen LogP contribution < -0.4 is 0 Å². The molecule has 19 heavy (non-hydrogen) atoms. The molecule has 2 bridgehead atoms. The fourth-order valence-electron chi connectivity index (χ4n) is 3.72. The molecule has 0 saturated carbocycles. The Kier molecular flexibility index (Phi) is 2.87. The number of rotatable bonds is 2. The predicted octanol–water partition coefficient (Wildman–Crippen LogP) is 1.56. The molecule has 1 aromatic carbocycles. The van der Waals surface area contributed by atoms with Crippen LogP contribution in [0.15, 0.2) is 24.3 Å². The molecule has 4 nitrogen and oxygen atoms in total. The highest BCUT2D eigenvalue weighted by molar-refractivity contribution is 6.04. The molecule has 4 heteroatoms. The third-order valence-corrected chi connectivity index (χ3v) is 4.76. The highest BCUT2D eigenvalue weighted by Gasteiger charge is 2.54. The maximum Gasteiger partial charge on any atom is 0.183 e. The van der Waals surface area contributed by atoms with E-state index in [1.807, 2.05) is 7.05 Å². The molecule has 102 valence electrons. The average molecular weight is 261 g/mol. The number of Topliss-reactive ketones (excluding diaryl/α,β-unsaturated/α-hetero) is 1. The summed E-state index contributed by atoms with van der Waals surface area (Å²) in [4.78, 5) is 15.0. The minimum atomic E-state index is -0.587. The number of aromatic hydroxyl groups is 1. The van der Waals surface area contributed by atoms with Crippen molar-refractivity contribution < 1.29 is 15.0 Å². The second kappa shape index (κ2) is 4.32. The number of benzene rings is 1. The van der Waals surface area contributed by atoms with Gasteiger partial charge in [-0.15, -0.1) is 0 Å². The van der Waals surface area contributed by atoms with E-state index in [4.69, 9.17) is 0 Å². The lowest BCUT2D eigenvalue weighted by atomic mass is 9.80. The number of aliphatic hydroxyl groups is 1. The topological polar surface area (TPSA) is 60.8 Å². The fourth-order valence-corrected chi connectivity index (χ4v) is 3.72. The number of ketones is 1. The number of hydrogen-bond donors (Lipinski definition) is 2. The molecule has 2 fully saturated rings.